The number of carbonyl (C=O) groups excluding carboxylic acids is 1. The Hall–Kier alpha value is -2.48. The van der Waals surface area contributed by atoms with Gasteiger partial charge in [0.2, 0.25) is 11.7 Å². The summed E-state index contributed by atoms with van der Waals surface area (Å²) in [5, 5.41) is 16.4. The molecule has 0 atom stereocenters. The third-order valence-corrected chi connectivity index (χ3v) is 3.28. The summed E-state index contributed by atoms with van der Waals surface area (Å²) in [7, 11) is 0. The number of carbonyl (C=O) groups is 1. The van der Waals surface area contributed by atoms with Gasteiger partial charge in [0.25, 0.3) is 0 Å². The molecule has 1 amide bonds. The van der Waals surface area contributed by atoms with Gasteiger partial charge in [-0.1, -0.05) is 15.9 Å². The minimum absolute atomic E-state index is 0.115. The standard InChI is InChI=1S/C14H13BrN4O3/c15-10-3-5-11(6-4-10)18-13(20)7-9-17-14-12(19(21)22)2-1-8-16-14/h1-6,8H,7,9H2,(H,16,17)(H,18,20). The highest BCUT2D eigenvalue weighted by Crippen LogP contribution is 2.20. The molecule has 0 unspecified atom stereocenters. The SMILES string of the molecule is O=C(CCNc1ncccc1[N+](=O)[O-])Nc1ccc(Br)cc1. The normalized spacial score (nSPS) is 10.0. The number of halogens is 1. The second-order valence-corrected chi connectivity index (χ2v) is 5.28. The van der Waals surface area contributed by atoms with Crippen LogP contribution in [0.5, 0.6) is 0 Å². The molecule has 1 heterocycles. The van der Waals surface area contributed by atoms with Gasteiger partial charge in [0.15, 0.2) is 0 Å². The molecule has 0 aliphatic carbocycles. The van der Waals surface area contributed by atoms with Crippen molar-refractivity contribution in [3.05, 3.63) is 57.2 Å². The van der Waals surface area contributed by atoms with Gasteiger partial charge in [-0.05, 0) is 30.3 Å². The number of amides is 1. The molecule has 8 heteroatoms. The molecule has 2 aromatic rings. The molecular formula is C14H13BrN4O3. The van der Waals surface area contributed by atoms with E-state index in [9.17, 15) is 14.9 Å². The largest absolute Gasteiger partial charge is 0.364 e. The highest BCUT2D eigenvalue weighted by Gasteiger charge is 2.13. The van der Waals surface area contributed by atoms with Gasteiger partial charge < -0.3 is 10.6 Å². The zero-order valence-electron chi connectivity index (χ0n) is 11.5. The number of aromatic nitrogens is 1. The van der Waals surface area contributed by atoms with Gasteiger partial charge in [-0.25, -0.2) is 4.98 Å². The quantitative estimate of drug-likeness (QED) is 0.605. The second kappa shape index (κ2) is 7.51. The molecule has 0 saturated heterocycles. The first-order valence-electron chi connectivity index (χ1n) is 6.45. The van der Waals surface area contributed by atoms with Crippen LogP contribution < -0.4 is 10.6 Å². The summed E-state index contributed by atoms with van der Waals surface area (Å²) in [5.74, 6) is -0.0302. The van der Waals surface area contributed by atoms with Crippen LogP contribution in [0.3, 0.4) is 0 Å². The van der Waals surface area contributed by atoms with E-state index in [1.165, 1.54) is 18.3 Å². The number of rotatable bonds is 6. The molecule has 1 aromatic heterocycles. The Balaban J connectivity index is 1.85. The minimum atomic E-state index is -0.517. The fourth-order valence-electron chi connectivity index (χ4n) is 1.73. The smallest absolute Gasteiger partial charge is 0.311 e. The Morgan fingerprint density at radius 1 is 1.27 bits per heavy atom. The van der Waals surface area contributed by atoms with Crippen LogP contribution in [0.1, 0.15) is 6.42 Å². The van der Waals surface area contributed by atoms with Crippen LogP contribution in [0.4, 0.5) is 17.2 Å². The average molecular weight is 365 g/mol. The third-order valence-electron chi connectivity index (χ3n) is 2.76. The van der Waals surface area contributed by atoms with Gasteiger partial charge in [0, 0.05) is 35.4 Å². The lowest BCUT2D eigenvalue weighted by Crippen LogP contribution is -2.16. The highest BCUT2D eigenvalue weighted by molar-refractivity contribution is 9.10. The molecule has 0 bridgehead atoms. The summed E-state index contributed by atoms with van der Waals surface area (Å²) in [6, 6.07) is 10.1. The van der Waals surface area contributed by atoms with E-state index in [0.717, 1.165) is 4.47 Å². The number of nitrogens with one attached hydrogen (secondary N) is 2. The molecule has 0 fully saturated rings. The van der Waals surface area contributed by atoms with E-state index in [-0.39, 0.29) is 30.4 Å². The summed E-state index contributed by atoms with van der Waals surface area (Å²) in [6.07, 6.45) is 1.63. The van der Waals surface area contributed by atoms with E-state index < -0.39 is 4.92 Å². The van der Waals surface area contributed by atoms with Gasteiger partial charge in [-0.2, -0.15) is 0 Å². The predicted octanol–water partition coefficient (Wildman–Crippen LogP) is 3.19. The lowest BCUT2D eigenvalue weighted by atomic mass is 10.3. The van der Waals surface area contributed by atoms with Crippen molar-refractivity contribution in [3.8, 4) is 0 Å². The number of hydrogen-bond acceptors (Lipinski definition) is 5. The van der Waals surface area contributed by atoms with E-state index in [1.807, 2.05) is 12.1 Å². The first kappa shape index (κ1) is 15.9. The maximum Gasteiger partial charge on any atom is 0.311 e. The van der Waals surface area contributed by atoms with Crippen molar-refractivity contribution in [2.24, 2.45) is 0 Å². The molecule has 0 radical (unpaired) electrons. The van der Waals surface area contributed by atoms with Gasteiger partial charge in [-0.15, -0.1) is 0 Å². The van der Waals surface area contributed by atoms with E-state index in [4.69, 9.17) is 0 Å². The summed E-state index contributed by atoms with van der Waals surface area (Å²) < 4.78 is 0.926. The Morgan fingerprint density at radius 3 is 2.68 bits per heavy atom. The number of nitrogens with zero attached hydrogens (tertiary/aromatic N) is 2. The van der Waals surface area contributed by atoms with Crippen molar-refractivity contribution in [2.75, 3.05) is 17.2 Å². The average Bonchev–Trinajstić information content (AvgIpc) is 2.50. The van der Waals surface area contributed by atoms with Gasteiger partial charge in [0.1, 0.15) is 0 Å². The minimum Gasteiger partial charge on any atom is -0.364 e. The van der Waals surface area contributed by atoms with Crippen molar-refractivity contribution in [2.45, 2.75) is 6.42 Å². The molecule has 0 saturated carbocycles. The van der Waals surface area contributed by atoms with Crippen molar-refractivity contribution in [3.63, 3.8) is 0 Å². The lowest BCUT2D eigenvalue weighted by molar-refractivity contribution is -0.384. The van der Waals surface area contributed by atoms with E-state index in [0.29, 0.717) is 5.69 Å². The van der Waals surface area contributed by atoms with Crippen LogP contribution in [0.2, 0.25) is 0 Å². The maximum absolute atomic E-state index is 11.8. The molecule has 22 heavy (non-hydrogen) atoms. The second-order valence-electron chi connectivity index (χ2n) is 4.36. The van der Waals surface area contributed by atoms with Gasteiger partial charge in [-0.3, -0.25) is 14.9 Å². The van der Waals surface area contributed by atoms with Crippen LogP contribution in [-0.4, -0.2) is 22.4 Å². The van der Waals surface area contributed by atoms with Crippen LogP contribution in [-0.2, 0) is 4.79 Å². The molecule has 0 spiro atoms. The third kappa shape index (κ3) is 4.52. The van der Waals surface area contributed by atoms with Crippen molar-refractivity contribution >= 4 is 39.0 Å². The number of benzene rings is 1. The molecule has 1 aromatic carbocycles. The van der Waals surface area contributed by atoms with Crippen LogP contribution in [0.15, 0.2) is 47.1 Å². The van der Waals surface area contributed by atoms with Crippen molar-refractivity contribution < 1.29 is 9.72 Å². The first-order valence-corrected chi connectivity index (χ1v) is 7.24. The fraction of sp³-hybridized carbons (Fsp3) is 0.143. The molecule has 0 aliphatic heterocycles. The molecule has 0 aliphatic rings. The first-order chi connectivity index (χ1) is 10.6. The summed E-state index contributed by atoms with van der Waals surface area (Å²) in [6.45, 7) is 0.250. The van der Waals surface area contributed by atoms with Gasteiger partial charge >= 0.3 is 5.69 Å². The summed E-state index contributed by atoms with van der Waals surface area (Å²) >= 11 is 3.31. The predicted molar refractivity (Wildman–Crippen MR) is 86.8 cm³/mol. The van der Waals surface area contributed by atoms with Crippen molar-refractivity contribution in [1.29, 1.82) is 0 Å². The van der Waals surface area contributed by atoms with E-state index >= 15 is 0 Å². The highest BCUT2D eigenvalue weighted by atomic mass is 79.9. The van der Waals surface area contributed by atoms with Crippen LogP contribution >= 0.6 is 15.9 Å². The van der Waals surface area contributed by atoms with Gasteiger partial charge in [0.05, 0.1) is 4.92 Å². The Kier molecular flexibility index (Phi) is 5.42. The molecular weight excluding hydrogens is 352 g/mol. The molecule has 2 rings (SSSR count). The number of hydrogen-bond donors (Lipinski definition) is 2. The Bertz CT molecular complexity index is 676. The fourth-order valence-corrected chi connectivity index (χ4v) is 2.00. The summed E-state index contributed by atoms with van der Waals surface area (Å²) in [5.41, 5.74) is 0.577. The molecule has 2 N–H and O–H groups in total. The van der Waals surface area contributed by atoms with Crippen LogP contribution in [0.25, 0.3) is 0 Å². The maximum atomic E-state index is 11.8. The molecule has 114 valence electrons. The van der Waals surface area contributed by atoms with Crippen LogP contribution in [0, 0.1) is 10.1 Å². The summed E-state index contributed by atoms with van der Waals surface area (Å²) in [4.78, 5) is 26.0. The number of pyridine rings is 1. The van der Waals surface area contributed by atoms with E-state index in [2.05, 4.69) is 31.5 Å². The lowest BCUT2D eigenvalue weighted by Gasteiger charge is -2.07. The monoisotopic (exact) mass is 364 g/mol. The number of anilines is 2. The zero-order chi connectivity index (χ0) is 15.9. The zero-order valence-corrected chi connectivity index (χ0v) is 13.0. The Morgan fingerprint density at radius 2 is 2.00 bits per heavy atom. The van der Waals surface area contributed by atoms with Crippen molar-refractivity contribution in [1.82, 2.24) is 4.98 Å². The Labute approximate surface area is 135 Å². The molecule has 7 nitrogen and oxygen atoms in total. The van der Waals surface area contributed by atoms with E-state index in [1.54, 1.807) is 12.1 Å². The number of nitro groups is 1. The topological polar surface area (TPSA) is 97.2 Å².